The van der Waals surface area contributed by atoms with Gasteiger partial charge in [-0.25, -0.2) is 13.1 Å². The molecular weight excluding hydrogens is 422 g/mol. The number of ether oxygens (including phenoxy) is 2. The first kappa shape index (κ1) is 20.4. The molecule has 0 saturated carbocycles. The van der Waals surface area contributed by atoms with Crippen LogP contribution in [0.5, 0.6) is 5.75 Å². The molecule has 0 fully saturated rings. The number of hydrogen-bond acceptors (Lipinski definition) is 5. The third kappa shape index (κ3) is 6.78. The van der Waals surface area contributed by atoms with Crippen molar-refractivity contribution in [3.05, 3.63) is 58.6 Å². The Morgan fingerprint density at radius 1 is 1.12 bits per heavy atom. The zero-order valence-electron chi connectivity index (χ0n) is 14.3. The monoisotopic (exact) mass is 441 g/mol. The lowest BCUT2D eigenvalue weighted by Gasteiger charge is -2.09. The molecule has 6 nitrogen and oxygen atoms in total. The molecule has 26 heavy (non-hydrogen) atoms. The average Bonchev–Trinajstić information content (AvgIpc) is 2.59. The molecule has 1 N–H and O–H groups in total. The molecule has 0 bridgehead atoms. The van der Waals surface area contributed by atoms with Crippen LogP contribution in [0.2, 0.25) is 0 Å². The predicted octanol–water partition coefficient (Wildman–Crippen LogP) is 3.05. The van der Waals surface area contributed by atoms with Crippen LogP contribution < -0.4 is 9.46 Å². The van der Waals surface area contributed by atoms with Crippen molar-refractivity contribution in [3.63, 3.8) is 0 Å². The van der Waals surface area contributed by atoms with E-state index in [9.17, 15) is 13.2 Å². The summed E-state index contributed by atoms with van der Waals surface area (Å²) in [5, 5.41) is 0. The molecule has 2 aromatic carbocycles. The van der Waals surface area contributed by atoms with E-state index in [1.165, 1.54) is 12.1 Å². The van der Waals surface area contributed by atoms with Crippen LogP contribution in [-0.4, -0.2) is 34.1 Å². The first-order valence-corrected chi connectivity index (χ1v) is 10.2. The van der Waals surface area contributed by atoms with Crippen molar-refractivity contribution in [2.75, 3.05) is 19.8 Å². The molecule has 0 atom stereocenters. The smallest absolute Gasteiger partial charge is 0.307 e. The first-order chi connectivity index (χ1) is 12.4. The Morgan fingerprint density at radius 3 is 2.54 bits per heavy atom. The third-order valence-corrected chi connectivity index (χ3v) is 5.33. The van der Waals surface area contributed by atoms with Gasteiger partial charge in [0.1, 0.15) is 19.0 Å². The van der Waals surface area contributed by atoms with Crippen LogP contribution in [0.15, 0.2) is 57.9 Å². The standard InChI is InChI=1S/C18H20BrNO5S/c1-14-5-7-17(8-6-14)26(22,23)20-10-9-18(21)25-12-11-24-16-4-2-3-15(19)13-16/h2-8,13,20H,9-12H2,1H3. The molecule has 0 aliphatic rings. The molecule has 0 aliphatic carbocycles. The van der Waals surface area contributed by atoms with Crippen molar-refractivity contribution in [2.45, 2.75) is 18.2 Å². The maximum atomic E-state index is 12.1. The van der Waals surface area contributed by atoms with Crippen LogP contribution in [0, 0.1) is 6.92 Å². The molecular formula is C18H20BrNO5S. The van der Waals surface area contributed by atoms with Crippen LogP contribution in [-0.2, 0) is 19.6 Å². The summed E-state index contributed by atoms with van der Waals surface area (Å²) in [7, 11) is -3.62. The van der Waals surface area contributed by atoms with Crippen molar-refractivity contribution in [2.24, 2.45) is 0 Å². The van der Waals surface area contributed by atoms with E-state index in [-0.39, 0.29) is 31.1 Å². The molecule has 140 valence electrons. The van der Waals surface area contributed by atoms with Crippen LogP contribution in [0.25, 0.3) is 0 Å². The fraction of sp³-hybridized carbons (Fsp3) is 0.278. The van der Waals surface area contributed by atoms with Gasteiger partial charge >= 0.3 is 5.97 Å². The highest BCUT2D eigenvalue weighted by Gasteiger charge is 2.14. The highest BCUT2D eigenvalue weighted by molar-refractivity contribution is 9.10. The highest BCUT2D eigenvalue weighted by atomic mass is 79.9. The van der Waals surface area contributed by atoms with Gasteiger partial charge in [-0.1, -0.05) is 39.7 Å². The Hall–Kier alpha value is -1.90. The van der Waals surface area contributed by atoms with Crippen molar-refractivity contribution in [1.82, 2.24) is 4.72 Å². The molecule has 0 amide bonds. The maximum Gasteiger partial charge on any atom is 0.307 e. The van der Waals surface area contributed by atoms with E-state index in [0.29, 0.717) is 5.75 Å². The number of benzene rings is 2. The zero-order valence-corrected chi connectivity index (χ0v) is 16.7. The number of rotatable bonds is 9. The lowest BCUT2D eigenvalue weighted by Crippen LogP contribution is -2.27. The molecule has 8 heteroatoms. The summed E-state index contributed by atoms with van der Waals surface area (Å²) in [4.78, 5) is 11.8. The fourth-order valence-electron chi connectivity index (χ4n) is 2.03. The van der Waals surface area contributed by atoms with Crippen LogP contribution in [0.1, 0.15) is 12.0 Å². The van der Waals surface area contributed by atoms with Crippen LogP contribution >= 0.6 is 15.9 Å². The van der Waals surface area contributed by atoms with Crippen LogP contribution in [0.4, 0.5) is 0 Å². The second-order valence-corrected chi connectivity index (χ2v) is 8.17. The Morgan fingerprint density at radius 2 is 1.85 bits per heavy atom. The number of hydrogen-bond donors (Lipinski definition) is 1. The van der Waals surface area contributed by atoms with Crippen molar-refractivity contribution in [1.29, 1.82) is 0 Å². The van der Waals surface area contributed by atoms with Crippen LogP contribution in [0.3, 0.4) is 0 Å². The van der Waals surface area contributed by atoms with E-state index in [2.05, 4.69) is 20.7 Å². The number of carbonyl (C=O) groups excluding carboxylic acids is 1. The Balaban J connectivity index is 1.66. The van der Waals surface area contributed by atoms with E-state index in [1.54, 1.807) is 18.2 Å². The summed E-state index contributed by atoms with van der Waals surface area (Å²) >= 11 is 3.34. The molecule has 0 radical (unpaired) electrons. The topological polar surface area (TPSA) is 81.7 Å². The Kier molecular flexibility index (Phi) is 7.62. The molecule has 0 aliphatic heterocycles. The minimum Gasteiger partial charge on any atom is -0.490 e. The second kappa shape index (κ2) is 9.70. The molecule has 2 aromatic rings. The van der Waals surface area contributed by atoms with Gasteiger partial charge in [-0.15, -0.1) is 0 Å². The van der Waals surface area contributed by atoms with E-state index in [4.69, 9.17) is 9.47 Å². The minimum absolute atomic E-state index is 0.0263. The number of nitrogens with one attached hydrogen (secondary N) is 1. The molecule has 2 rings (SSSR count). The predicted molar refractivity (Wildman–Crippen MR) is 102 cm³/mol. The molecule has 0 saturated heterocycles. The quantitative estimate of drug-likeness (QED) is 0.477. The molecule has 0 unspecified atom stereocenters. The summed E-state index contributed by atoms with van der Waals surface area (Å²) in [6, 6.07) is 13.8. The number of aryl methyl sites for hydroxylation is 1. The van der Waals surface area contributed by atoms with Gasteiger partial charge < -0.3 is 9.47 Å². The summed E-state index contributed by atoms with van der Waals surface area (Å²) in [6.45, 7) is 2.16. The molecule has 0 aromatic heterocycles. The second-order valence-electron chi connectivity index (χ2n) is 5.49. The SMILES string of the molecule is Cc1ccc(S(=O)(=O)NCCC(=O)OCCOc2cccc(Br)c2)cc1. The molecule has 0 heterocycles. The zero-order chi connectivity index (χ0) is 19.0. The van der Waals surface area contributed by atoms with Gasteiger partial charge in [0.25, 0.3) is 0 Å². The average molecular weight is 442 g/mol. The third-order valence-electron chi connectivity index (χ3n) is 3.36. The van der Waals surface area contributed by atoms with Gasteiger partial charge in [-0.05, 0) is 37.3 Å². The van der Waals surface area contributed by atoms with Gasteiger partial charge in [0.2, 0.25) is 10.0 Å². The normalized spacial score (nSPS) is 11.2. The van der Waals surface area contributed by atoms with Crippen molar-refractivity contribution in [3.8, 4) is 5.75 Å². The summed E-state index contributed by atoms with van der Waals surface area (Å²) in [5.41, 5.74) is 0.970. The summed E-state index contributed by atoms with van der Waals surface area (Å²) < 4.78 is 37.9. The maximum absolute atomic E-state index is 12.1. The number of esters is 1. The largest absolute Gasteiger partial charge is 0.490 e. The number of carbonyl (C=O) groups is 1. The van der Waals surface area contributed by atoms with Gasteiger partial charge in [-0.3, -0.25) is 4.79 Å². The Bertz CT molecular complexity index is 837. The minimum atomic E-state index is -3.62. The summed E-state index contributed by atoms with van der Waals surface area (Å²) in [5.74, 6) is 0.177. The van der Waals surface area contributed by atoms with E-state index in [1.807, 2.05) is 25.1 Å². The van der Waals surface area contributed by atoms with E-state index >= 15 is 0 Å². The fourth-order valence-corrected chi connectivity index (χ4v) is 3.44. The van der Waals surface area contributed by atoms with E-state index in [0.717, 1.165) is 10.0 Å². The van der Waals surface area contributed by atoms with Gasteiger partial charge in [0.15, 0.2) is 0 Å². The summed E-state index contributed by atoms with van der Waals surface area (Å²) in [6.07, 6.45) is -0.0536. The number of sulfonamides is 1. The van der Waals surface area contributed by atoms with Gasteiger partial charge in [0.05, 0.1) is 11.3 Å². The lowest BCUT2D eigenvalue weighted by atomic mass is 10.2. The lowest BCUT2D eigenvalue weighted by molar-refractivity contribution is -0.144. The van der Waals surface area contributed by atoms with Gasteiger partial charge in [0, 0.05) is 11.0 Å². The molecule has 0 spiro atoms. The van der Waals surface area contributed by atoms with Crippen molar-refractivity contribution < 1.29 is 22.7 Å². The van der Waals surface area contributed by atoms with Gasteiger partial charge in [-0.2, -0.15) is 0 Å². The number of halogens is 1. The highest BCUT2D eigenvalue weighted by Crippen LogP contribution is 2.17. The Labute approximate surface area is 161 Å². The van der Waals surface area contributed by atoms with E-state index < -0.39 is 16.0 Å². The van der Waals surface area contributed by atoms with Crippen molar-refractivity contribution >= 4 is 31.9 Å². The first-order valence-electron chi connectivity index (χ1n) is 7.97.